The van der Waals surface area contributed by atoms with Crippen molar-refractivity contribution in [1.29, 1.82) is 0 Å². The molecule has 0 aliphatic carbocycles. The maximum Gasteiger partial charge on any atom is 0.271 e. The molecule has 3 rings (SSSR count). The highest BCUT2D eigenvalue weighted by Crippen LogP contribution is 2.24. The first-order valence-electron chi connectivity index (χ1n) is 8.59. The normalized spacial score (nSPS) is 10.3. The first-order valence-corrected chi connectivity index (χ1v) is 9.58. The Morgan fingerprint density at radius 1 is 1.07 bits per heavy atom. The summed E-state index contributed by atoms with van der Waals surface area (Å²) in [4.78, 5) is 35.7. The highest BCUT2D eigenvalue weighted by atomic mass is 32.2. The largest absolute Gasteiger partial charge is 0.467 e. The molecule has 8 nitrogen and oxygen atoms in total. The zero-order valence-electron chi connectivity index (χ0n) is 15.2. The summed E-state index contributed by atoms with van der Waals surface area (Å²) in [6.45, 7) is 0.293. The molecular weight excluding hydrogens is 394 g/mol. The fourth-order valence-corrected chi connectivity index (χ4v) is 3.35. The van der Waals surface area contributed by atoms with E-state index in [9.17, 15) is 19.7 Å². The predicted octanol–water partition coefficient (Wildman–Crippen LogP) is 3.85. The Morgan fingerprint density at radius 2 is 1.90 bits per heavy atom. The van der Waals surface area contributed by atoms with Crippen molar-refractivity contribution in [2.24, 2.45) is 0 Å². The van der Waals surface area contributed by atoms with Gasteiger partial charge in [0, 0.05) is 22.7 Å². The van der Waals surface area contributed by atoms with Gasteiger partial charge in [0.25, 0.3) is 11.6 Å². The molecule has 0 saturated heterocycles. The van der Waals surface area contributed by atoms with E-state index >= 15 is 0 Å². The third kappa shape index (κ3) is 5.69. The van der Waals surface area contributed by atoms with E-state index in [1.165, 1.54) is 36.2 Å². The molecule has 2 amide bonds. The van der Waals surface area contributed by atoms with Crippen molar-refractivity contribution < 1.29 is 18.9 Å². The number of anilines is 1. The average molecular weight is 411 g/mol. The molecule has 0 radical (unpaired) electrons. The van der Waals surface area contributed by atoms with E-state index in [1.807, 2.05) is 0 Å². The first-order chi connectivity index (χ1) is 14.0. The van der Waals surface area contributed by atoms with Gasteiger partial charge in [-0.05, 0) is 30.3 Å². The number of nitrogens with one attached hydrogen (secondary N) is 2. The second-order valence-electron chi connectivity index (χ2n) is 5.90. The van der Waals surface area contributed by atoms with E-state index in [4.69, 9.17) is 4.42 Å². The Morgan fingerprint density at radius 3 is 2.66 bits per heavy atom. The molecule has 0 spiro atoms. The smallest absolute Gasteiger partial charge is 0.271 e. The monoisotopic (exact) mass is 411 g/mol. The molecule has 1 aromatic heterocycles. The van der Waals surface area contributed by atoms with Crippen LogP contribution < -0.4 is 10.6 Å². The lowest BCUT2D eigenvalue weighted by atomic mass is 10.2. The number of thioether (sulfide) groups is 1. The van der Waals surface area contributed by atoms with Crippen LogP contribution >= 0.6 is 11.8 Å². The van der Waals surface area contributed by atoms with Gasteiger partial charge in [-0.3, -0.25) is 19.7 Å². The molecule has 9 heteroatoms. The molecule has 3 aromatic rings. The number of carbonyl (C=O) groups excluding carboxylic acids is 2. The summed E-state index contributed by atoms with van der Waals surface area (Å²) in [6.07, 6.45) is 1.53. The maximum atomic E-state index is 12.6. The van der Waals surface area contributed by atoms with Crippen LogP contribution in [0.15, 0.2) is 76.2 Å². The van der Waals surface area contributed by atoms with Crippen LogP contribution in [-0.4, -0.2) is 22.5 Å². The summed E-state index contributed by atoms with van der Waals surface area (Å²) in [5, 5.41) is 16.3. The number of hydrogen-bond acceptors (Lipinski definition) is 6. The van der Waals surface area contributed by atoms with E-state index in [0.29, 0.717) is 28.5 Å². The van der Waals surface area contributed by atoms with Crippen LogP contribution in [-0.2, 0) is 11.3 Å². The second kappa shape index (κ2) is 9.56. The van der Waals surface area contributed by atoms with Gasteiger partial charge in [-0.15, -0.1) is 11.8 Å². The zero-order valence-corrected chi connectivity index (χ0v) is 16.0. The molecule has 1 heterocycles. The lowest BCUT2D eigenvalue weighted by molar-refractivity contribution is -0.384. The van der Waals surface area contributed by atoms with Crippen molar-refractivity contribution >= 4 is 35.0 Å². The van der Waals surface area contributed by atoms with Gasteiger partial charge in [0.1, 0.15) is 5.76 Å². The summed E-state index contributed by atoms with van der Waals surface area (Å²) in [5.74, 6) is 0.173. The second-order valence-corrected chi connectivity index (χ2v) is 6.92. The number of furan rings is 1. The molecule has 148 valence electrons. The summed E-state index contributed by atoms with van der Waals surface area (Å²) in [7, 11) is 0. The minimum absolute atomic E-state index is 0.112. The molecule has 2 N–H and O–H groups in total. The Hall–Kier alpha value is -3.59. The minimum atomic E-state index is -0.527. The average Bonchev–Trinajstić information content (AvgIpc) is 3.25. The van der Waals surface area contributed by atoms with E-state index in [2.05, 4.69) is 10.6 Å². The Kier molecular flexibility index (Phi) is 6.64. The number of hydrogen-bond donors (Lipinski definition) is 2. The Bertz CT molecular complexity index is 1020. The van der Waals surface area contributed by atoms with Crippen molar-refractivity contribution in [1.82, 2.24) is 5.32 Å². The fourth-order valence-electron chi connectivity index (χ4n) is 2.47. The van der Waals surface area contributed by atoms with Crippen molar-refractivity contribution in [2.45, 2.75) is 11.4 Å². The first kappa shape index (κ1) is 20.2. The molecule has 0 atom stereocenters. The van der Waals surface area contributed by atoms with E-state index < -0.39 is 10.8 Å². The molecule has 2 aromatic carbocycles. The number of amides is 2. The van der Waals surface area contributed by atoms with Gasteiger partial charge in [0.2, 0.25) is 5.91 Å². The van der Waals surface area contributed by atoms with Crippen LogP contribution in [0.4, 0.5) is 11.4 Å². The maximum absolute atomic E-state index is 12.6. The van der Waals surface area contributed by atoms with Gasteiger partial charge >= 0.3 is 0 Å². The highest BCUT2D eigenvalue weighted by Gasteiger charge is 2.14. The molecule has 0 bridgehead atoms. The van der Waals surface area contributed by atoms with Gasteiger partial charge in [0.15, 0.2) is 0 Å². The third-order valence-corrected chi connectivity index (χ3v) is 4.92. The van der Waals surface area contributed by atoms with Crippen LogP contribution in [0.5, 0.6) is 0 Å². The number of nitrogens with zero attached hydrogens (tertiary/aromatic N) is 1. The van der Waals surface area contributed by atoms with Crippen LogP contribution in [0.25, 0.3) is 0 Å². The standard InChI is InChI=1S/C20H17N3O5S/c24-19(21-12-16-7-4-10-28-16)13-29-18-9-2-1-8-17(18)20(25)22-14-5-3-6-15(11-14)23(26)27/h1-11H,12-13H2,(H,21,24)(H,22,25). The number of nitro groups is 1. The summed E-state index contributed by atoms with van der Waals surface area (Å²) in [5.41, 5.74) is 0.585. The minimum Gasteiger partial charge on any atom is -0.467 e. The van der Waals surface area contributed by atoms with Crippen molar-refractivity contribution in [3.05, 3.63) is 88.4 Å². The molecule has 0 aliphatic rings. The predicted molar refractivity (Wildman–Crippen MR) is 109 cm³/mol. The third-order valence-electron chi connectivity index (χ3n) is 3.85. The fraction of sp³-hybridized carbons (Fsp3) is 0.100. The van der Waals surface area contributed by atoms with E-state index in [0.717, 1.165) is 0 Å². The topological polar surface area (TPSA) is 114 Å². The molecular formula is C20H17N3O5S. The van der Waals surface area contributed by atoms with Crippen LogP contribution in [0, 0.1) is 10.1 Å². The highest BCUT2D eigenvalue weighted by molar-refractivity contribution is 8.00. The van der Waals surface area contributed by atoms with E-state index in [-0.39, 0.29) is 17.3 Å². The van der Waals surface area contributed by atoms with Gasteiger partial charge in [-0.2, -0.15) is 0 Å². The van der Waals surface area contributed by atoms with Gasteiger partial charge in [-0.1, -0.05) is 18.2 Å². The van der Waals surface area contributed by atoms with Gasteiger partial charge < -0.3 is 15.1 Å². The molecule has 0 fully saturated rings. The summed E-state index contributed by atoms with van der Waals surface area (Å²) < 4.78 is 5.16. The van der Waals surface area contributed by atoms with Gasteiger partial charge in [0.05, 0.1) is 29.0 Å². The SMILES string of the molecule is O=C(CSc1ccccc1C(=O)Nc1cccc([N+](=O)[O-])c1)NCc1ccco1. The number of nitro benzene ring substituents is 1. The van der Waals surface area contributed by atoms with E-state index in [1.54, 1.807) is 42.5 Å². The van der Waals surface area contributed by atoms with Crippen LogP contribution in [0.2, 0.25) is 0 Å². The number of rotatable bonds is 8. The molecule has 0 unspecified atom stereocenters. The van der Waals surface area contributed by atoms with Crippen molar-refractivity contribution in [3.8, 4) is 0 Å². The van der Waals surface area contributed by atoms with Crippen LogP contribution in [0.3, 0.4) is 0 Å². The molecule has 29 heavy (non-hydrogen) atoms. The molecule has 0 aliphatic heterocycles. The number of carbonyl (C=O) groups is 2. The summed E-state index contributed by atoms with van der Waals surface area (Å²) >= 11 is 1.23. The number of benzene rings is 2. The van der Waals surface area contributed by atoms with Crippen LogP contribution in [0.1, 0.15) is 16.1 Å². The summed E-state index contributed by atoms with van der Waals surface area (Å²) in [6, 6.07) is 16.1. The quantitative estimate of drug-likeness (QED) is 0.331. The lowest BCUT2D eigenvalue weighted by Crippen LogP contribution is -2.24. The van der Waals surface area contributed by atoms with Gasteiger partial charge in [-0.25, -0.2) is 0 Å². The molecule has 0 saturated carbocycles. The Balaban J connectivity index is 1.62. The number of non-ortho nitro benzene ring substituents is 1. The Labute approximate surface area is 170 Å². The van der Waals surface area contributed by atoms with Crippen molar-refractivity contribution in [3.63, 3.8) is 0 Å². The lowest BCUT2D eigenvalue weighted by Gasteiger charge is -2.10. The zero-order chi connectivity index (χ0) is 20.6. The van der Waals surface area contributed by atoms with Crippen molar-refractivity contribution in [2.75, 3.05) is 11.1 Å².